The molecule has 0 aliphatic heterocycles. The summed E-state index contributed by atoms with van der Waals surface area (Å²) in [7, 11) is -3.50. The standard InChI is InChI=1S/C13H21N2O4P/c1-4-18-20(17,19-5-2)13(11(3)16)15-10-12-6-8-14-9-7-12/h6-9,13,15H,4-5,10H2,1-3H3. The van der Waals surface area contributed by atoms with Crippen molar-refractivity contribution in [3.8, 4) is 0 Å². The van der Waals surface area contributed by atoms with E-state index in [1.165, 1.54) is 6.92 Å². The van der Waals surface area contributed by atoms with Crippen LogP contribution in [0.1, 0.15) is 26.3 Å². The highest BCUT2D eigenvalue weighted by atomic mass is 31.2. The van der Waals surface area contributed by atoms with E-state index in [4.69, 9.17) is 9.05 Å². The second-order valence-corrected chi connectivity index (χ2v) is 6.24. The maximum atomic E-state index is 12.6. The highest BCUT2D eigenvalue weighted by Crippen LogP contribution is 2.52. The van der Waals surface area contributed by atoms with E-state index in [1.54, 1.807) is 26.2 Å². The molecule has 0 aliphatic carbocycles. The molecule has 6 nitrogen and oxygen atoms in total. The van der Waals surface area contributed by atoms with E-state index in [-0.39, 0.29) is 19.0 Å². The Morgan fingerprint density at radius 1 is 1.30 bits per heavy atom. The van der Waals surface area contributed by atoms with Crippen LogP contribution >= 0.6 is 7.60 Å². The van der Waals surface area contributed by atoms with E-state index in [9.17, 15) is 9.36 Å². The van der Waals surface area contributed by atoms with Crippen molar-refractivity contribution in [1.29, 1.82) is 0 Å². The first kappa shape index (κ1) is 17.0. The number of hydrogen-bond donors (Lipinski definition) is 1. The summed E-state index contributed by atoms with van der Waals surface area (Å²) in [6, 6.07) is 3.63. The average Bonchev–Trinajstić information content (AvgIpc) is 2.40. The van der Waals surface area contributed by atoms with Gasteiger partial charge in [0.05, 0.1) is 13.2 Å². The third kappa shape index (κ3) is 4.80. The molecule has 0 saturated heterocycles. The van der Waals surface area contributed by atoms with Gasteiger partial charge in [-0.1, -0.05) is 0 Å². The molecule has 1 N–H and O–H groups in total. The lowest BCUT2D eigenvalue weighted by atomic mass is 10.2. The zero-order chi connectivity index (χ0) is 15.0. The normalized spacial score (nSPS) is 13.2. The molecule has 1 aromatic rings. The van der Waals surface area contributed by atoms with E-state index < -0.39 is 13.4 Å². The van der Waals surface area contributed by atoms with Crippen molar-refractivity contribution in [2.75, 3.05) is 13.2 Å². The summed E-state index contributed by atoms with van der Waals surface area (Å²) >= 11 is 0. The van der Waals surface area contributed by atoms with Crippen LogP contribution in [0.15, 0.2) is 24.5 Å². The van der Waals surface area contributed by atoms with Crippen molar-refractivity contribution in [3.63, 3.8) is 0 Å². The highest BCUT2D eigenvalue weighted by molar-refractivity contribution is 7.55. The average molecular weight is 300 g/mol. The van der Waals surface area contributed by atoms with Crippen LogP contribution in [0, 0.1) is 0 Å². The number of Topliss-reactive ketones (excluding diaryl/α,β-unsaturated/α-hetero) is 1. The predicted octanol–water partition coefficient (Wildman–Crippen LogP) is 2.35. The smallest absolute Gasteiger partial charge is 0.307 e. The van der Waals surface area contributed by atoms with Crippen LogP contribution in [0.25, 0.3) is 0 Å². The Bertz CT molecular complexity index is 457. The summed E-state index contributed by atoms with van der Waals surface area (Å²) in [6.45, 7) is 5.62. The second kappa shape index (κ2) is 8.27. The molecule has 0 bridgehead atoms. The minimum absolute atomic E-state index is 0.220. The van der Waals surface area contributed by atoms with Gasteiger partial charge >= 0.3 is 7.60 Å². The third-order valence-corrected chi connectivity index (χ3v) is 4.98. The molecule has 0 aromatic carbocycles. The Balaban J connectivity index is 2.82. The molecule has 0 aliphatic rings. The predicted molar refractivity (Wildman–Crippen MR) is 76.4 cm³/mol. The second-order valence-electron chi connectivity index (χ2n) is 4.12. The summed E-state index contributed by atoms with van der Waals surface area (Å²) in [6.07, 6.45) is 3.31. The van der Waals surface area contributed by atoms with Gasteiger partial charge in [-0.2, -0.15) is 0 Å². The van der Waals surface area contributed by atoms with Gasteiger partial charge in [0, 0.05) is 18.9 Å². The van der Waals surface area contributed by atoms with Crippen LogP contribution in [0.2, 0.25) is 0 Å². The van der Waals surface area contributed by atoms with Crippen molar-refractivity contribution in [2.24, 2.45) is 0 Å². The molecule has 1 rings (SSSR count). The van der Waals surface area contributed by atoms with Crippen molar-refractivity contribution < 1.29 is 18.4 Å². The summed E-state index contributed by atoms with van der Waals surface area (Å²) in [5, 5.41) is 2.96. The fourth-order valence-corrected chi connectivity index (χ4v) is 3.59. The molecule has 20 heavy (non-hydrogen) atoms. The van der Waals surface area contributed by atoms with Gasteiger partial charge in [-0.3, -0.25) is 19.7 Å². The van der Waals surface area contributed by atoms with E-state index in [1.807, 2.05) is 12.1 Å². The van der Waals surface area contributed by atoms with Crippen LogP contribution in [0.4, 0.5) is 0 Å². The Morgan fingerprint density at radius 2 is 1.85 bits per heavy atom. The summed E-state index contributed by atoms with van der Waals surface area (Å²) in [5.41, 5.74) is 0.936. The first-order chi connectivity index (χ1) is 9.53. The number of pyridine rings is 1. The van der Waals surface area contributed by atoms with Gasteiger partial charge < -0.3 is 9.05 Å². The number of carbonyl (C=O) groups is 1. The molecule has 0 saturated carbocycles. The molecule has 0 spiro atoms. The van der Waals surface area contributed by atoms with Gasteiger partial charge in [0.15, 0.2) is 11.6 Å². The van der Waals surface area contributed by atoms with Crippen molar-refractivity contribution in [3.05, 3.63) is 30.1 Å². The van der Waals surface area contributed by atoms with Crippen molar-refractivity contribution in [1.82, 2.24) is 10.3 Å². The molecule has 0 fully saturated rings. The van der Waals surface area contributed by atoms with Crippen LogP contribution < -0.4 is 5.32 Å². The van der Waals surface area contributed by atoms with Crippen molar-refractivity contribution in [2.45, 2.75) is 33.1 Å². The molecule has 1 atom stereocenters. The van der Waals surface area contributed by atoms with Gasteiger partial charge in [-0.05, 0) is 38.5 Å². The monoisotopic (exact) mass is 300 g/mol. The first-order valence-corrected chi connectivity index (χ1v) is 8.16. The number of carbonyl (C=O) groups excluding carboxylic acids is 1. The van der Waals surface area contributed by atoms with Gasteiger partial charge in [-0.25, -0.2) is 0 Å². The van der Waals surface area contributed by atoms with Crippen LogP contribution in [0.3, 0.4) is 0 Å². The first-order valence-electron chi connectivity index (χ1n) is 6.55. The molecule has 112 valence electrons. The van der Waals surface area contributed by atoms with E-state index in [0.29, 0.717) is 6.54 Å². The molecule has 1 heterocycles. The molecule has 0 amide bonds. The number of hydrogen-bond acceptors (Lipinski definition) is 6. The lowest BCUT2D eigenvalue weighted by Crippen LogP contribution is -2.36. The van der Waals surface area contributed by atoms with E-state index in [2.05, 4.69) is 10.3 Å². The lowest BCUT2D eigenvalue weighted by molar-refractivity contribution is -0.117. The fraction of sp³-hybridized carbons (Fsp3) is 0.538. The molecule has 1 unspecified atom stereocenters. The Labute approximate surface area is 119 Å². The van der Waals surface area contributed by atoms with E-state index >= 15 is 0 Å². The molecule has 0 radical (unpaired) electrons. The highest BCUT2D eigenvalue weighted by Gasteiger charge is 2.38. The van der Waals surface area contributed by atoms with Gasteiger partial charge in [0.2, 0.25) is 0 Å². The Hall–Kier alpha value is -1.07. The van der Waals surface area contributed by atoms with E-state index in [0.717, 1.165) is 5.56 Å². The SMILES string of the molecule is CCOP(=O)(OCC)C(NCc1ccncc1)C(C)=O. The number of ketones is 1. The quantitative estimate of drug-likeness (QED) is 0.705. The topological polar surface area (TPSA) is 77.5 Å². The Kier molecular flexibility index (Phi) is 7.02. The summed E-state index contributed by atoms with van der Waals surface area (Å²) in [5.74, 6) is -1.24. The van der Waals surface area contributed by atoms with Crippen LogP contribution in [-0.4, -0.2) is 29.8 Å². The van der Waals surface area contributed by atoms with Gasteiger partial charge in [0.25, 0.3) is 0 Å². The molecule has 1 aromatic heterocycles. The number of nitrogens with zero attached hydrogens (tertiary/aromatic N) is 1. The fourth-order valence-electron chi connectivity index (χ4n) is 1.74. The number of aromatic nitrogens is 1. The zero-order valence-electron chi connectivity index (χ0n) is 12.0. The largest absolute Gasteiger partial charge is 0.355 e. The Morgan fingerprint density at radius 3 is 2.30 bits per heavy atom. The summed E-state index contributed by atoms with van der Waals surface area (Å²) < 4.78 is 23.1. The molecular weight excluding hydrogens is 279 g/mol. The number of rotatable bonds is 9. The third-order valence-electron chi connectivity index (χ3n) is 2.57. The van der Waals surface area contributed by atoms with Gasteiger partial charge in [-0.15, -0.1) is 0 Å². The minimum Gasteiger partial charge on any atom is -0.307 e. The minimum atomic E-state index is -3.50. The van der Waals surface area contributed by atoms with Crippen LogP contribution in [0.5, 0.6) is 0 Å². The zero-order valence-corrected chi connectivity index (χ0v) is 12.9. The lowest BCUT2D eigenvalue weighted by Gasteiger charge is -2.25. The van der Waals surface area contributed by atoms with Crippen LogP contribution in [-0.2, 0) is 25.0 Å². The number of nitrogens with one attached hydrogen (secondary N) is 1. The molecule has 7 heteroatoms. The maximum absolute atomic E-state index is 12.6. The molecular formula is C13H21N2O4P. The van der Waals surface area contributed by atoms with Crippen molar-refractivity contribution >= 4 is 13.4 Å². The maximum Gasteiger partial charge on any atom is 0.355 e. The van der Waals surface area contributed by atoms with Gasteiger partial charge in [0.1, 0.15) is 0 Å². The summed E-state index contributed by atoms with van der Waals surface area (Å²) in [4.78, 5) is 15.7.